The molecule has 1 fully saturated rings. The molecular formula is C22H29NO. The molecule has 0 unspecified atom stereocenters. The lowest BCUT2D eigenvalue weighted by Crippen LogP contribution is -2.25. The van der Waals surface area contributed by atoms with Gasteiger partial charge in [-0.05, 0) is 48.4 Å². The summed E-state index contributed by atoms with van der Waals surface area (Å²) in [6.07, 6.45) is 3.76. The summed E-state index contributed by atoms with van der Waals surface area (Å²) in [5.74, 6) is 0. The van der Waals surface area contributed by atoms with Gasteiger partial charge in [0.05, 0.1) is 12.7 Å². The highest BCUT2D eigenvalue weighted by Crippen LogP contribution is 2.17. The van der Waals surface area contributed by atoms with Gasteiger partial charge in [-0.15, -0.1) is 0 Å². The Morgan fingerprint density at radius 1 is 1.08 bits per heavy atom. The van der Waals surface area contributed by atoms with E-state index in [0.29, 0.717) is 6.10 Å². The molecule has 2 aromatic rings. The van der Waals surface area contributed by atoms with E-state index in [4.69, 9.17) is 4.74 Å². The Morgan fingerprint density at radius 2 is 1.92 bits per heavy atom. The molecule has 0 aliphatic carbocycles. The van der Waals surface area contributed by atoms with E-state index in [9.17, 15) is 0 Å². The normalized spacial score (nSPS) is 18.2. The third-order valence-electron chi connectivity index (χ3n) is 5.07. The van der Waals surface area contributed by atoms with Gasteiger partial charge >= 0.3 is 0 Å². The van der Waals surface area contributed by atoms with Crippen LogP contribution in [-0.4, -0.2) is 30.6 Å². The van der Waals surface area contributed by atoms with Crippen molar-refractivity contribution in [2.75, 3.05) is 19.6 Å². The largest absolute Gasteiger partial charge is 0.372 e. The van der Waals surface area contributed by atoms with Crippen LogP contribution in [0, 0.1) is 6.92 Å². The maximum Gasteiger partial charge on any atom is 0.0721 e. The Kier molecular flexibility index (Phi) is 6.06. The quantitative estimate of drug-likeness (QED) is 0.749. The number of benzene rings is 2. The number of hydrogen-bond acceptors (Lipinski definition) is 2. The van der Waals surface area contributed by atoms with Gasteiger partial charge in [-0.3, -0.25) is 0 Å². The molecule has 0 spiro atoms. The fourth-order valence-corrected chi connectivity index (χ4v) is 3.48. The molecule has 128 valence electrons. The smallest absolute Gasteiger partial charge is 0.0721 e. The molecule has 0 aromatic heterocycles. The van der Waals surface area contributed by atoms with E-state index in [1.807, 2.05) is 0 Å². The summed E-state index contributed by atoms with van der Waals surface area (Å²) in [6, 6.07) is 17.5. The molecule has 0 radical (unpaired) electrons. The van der Waals surface area contributed by atoms with Crippen LogP contribution in [0.5, 0.6) is 0 Å². The maximum atomic E-state index is 6.17. The Bertz CT molecular complexity index is 638. The zero-order valence-corrected chi connectivity index (χ0v) is 15.0. The van der Waals surface area contributed by atoms with E-state index in [2.05, 4.69) is 67.3 Å². The van der Waals surface area contributed by atoms with Crippen molar-refractivity contribution < 1.29 is 4.74 Å². The molecule has 1 atom stereocenters. The monoisotopic (exact) mass is 323 g/mol. The van der Waals surface area contributed by atoms with Gasteiger partial charge in [0.25, 0.3) is 0 Å². The van der Waals surface area contributed by atoms with Crippen LogP contribution in [0.1, 0.15) is 35.6 Å². The summed E-state index contributed by atoms with van der Waals surface area (Å²) in [4.78, 5) is 2.53. The summed E-state index contributed by atoms with van der Waals surface area (Å²) >= 11 is 0. The topological polar surface area (TPSA) is 12.5 Å². The average molecular weight is 323 g/mol. The van der Waals surface area contributed by atoms with Gasteiger partial charge in [-0.2, -0.15) is 0 Å². The molecule has 1 heterocycles. The number of aryl methyl sites for hydroxylation is 2. The van der Waals surface area contributed by atoms with Crippen molar-refractivity contribution in [3.8, 4) is 0 Å². The van der Waals surface area contributed by atoms with Crippen molar-refractivity contribution in [1.82, 2.24) is 4.90 Å². The van der Waals surface area contributed by atoms with Crippen molar-refractivity contribution in [3.63, 3.8) is 0 Å². The van der Waals surface area contributed by atoms with E-state index in [1.165, 1.54) is 22.3 Å². The van der Waals surface area contributed by atoms with Crippen LogP contribution in [-0.2, 0) is 24.2 Å². The van der Waals surface area contributed by atoms with Crippen LogP contribution in [0.25, 0.3) is 0 Å². The minimum Gasteiger partial charge on any atom is -0.372 e. The van der Waals surface area contributed by atoms with Crippen LogP contribution in [0.15, 0.2) is 48.5 Å². The lowest BCUT2D eigenvalue weighted by molar-refractivity contribution is 0.0467. The lowest BCUT2D eigenvalue weighted by atomic mass is 10.0. The van der Waals surface area contributed by atoms with Crippen LogP contribution < -0.4 is 0 Å². The molecule has 2 nitrogen and oxygen atoms in total. The summed E-state index contributed by atoms with van der Waals surface area (Å²) in [7, 11) is 0. The molecule has 0 bridgehead atoms. The van der Waals surface area contributed by atoms with E-state index >= 15 is 0 Å². The molecule has 2 heteroatoms. The number of likely N-dealkylation sites (tertiary alicyclic amines) is 1. The molecular weight excluding hydrogens is 294 g/mol. The van der Waals surface area contributed by atoms with Gasteiger partial charge in [-0.25, -0.2) is 0 Å². The summed E-state index contributed by atoms with van der Waals surface area (Å²) in [5, 5.41) is 0. The number of hydrogen-bond donors (Lipinski definition) is 0. The predicted octanol–water partition coefficient (Wildman–Crippen LogP) is 4.39. The molecule has 0 saturated carbocycles. The highest BCUT2D eigenvalue weighted by Gasteiger charge is 2.22. The number of ether oxygens (including phenoxy) is 1. The van der Waals surface area contributed by atoms with Crippen molar-refractivity contribution in [2.45, 2.75) is 45.8 Å². The van der Waals surface area contributed by atoms with E-state index in [-0.39, 0.29) is 0 Å². The first-order chi connectivity index (χ1) is 11.7. The molecule has 1 aliphatic rings. The minimum atomic E-state index is 0.382. The number of rotatable bonds is 7. The zero-order chi connectivity index (χ0) is 16.8. The SMILES string of the molecule is CCc1cc(CO[C@@H]2CCN(CCc3ccccc3)C2)ccc1C. The van der Waals surface area contributed by atoms with Crippen LogP contribution in [0.4, 0.5) is 0 Å². The Balaban J connectivity index is 1.43. The summed E-state index contributed by atoms with van der Waals surface area (Å²) in [5.41, 5.74) is 5.55. The average Bonchev–Trinajstić information content (AvgIpc) is 3.08. The van der Waals surface area contributed by atoms with Gasteiger partial charge in [0.2, 0.25) is 0 Å². The Labute approximate surface area is 146 Å². The van der Waals surface area contributed by atoms with Crippen LogP contribution in [0.2, 0.25) is 0 Å². The van der Waals surface area contributed by atoms with Gasteiger partial charge in [0.15, 0.2) is 0 Å². The summed E-state index contributed by atoms with van der Waals surface area (Å²) < 4.78 is 6.17. The zero-order valence-electron chi connectivity index (χ0n) is 15.0. The predicted molar refractivity (Wildman–Crippen MR) is 100 cm³/mol. The van der Waals surface area contributed by atoms with Crippen molar-refractivity contribution >= 4 is 0 Å². The van der Waals surface area contributed by atoms with Gasteiger partial charge in [-0.1, -0.05) is 55.5 Å². The molecule has 0 amide bonds. The minimum absolute atomic E-state index is 0.382. The fourth-order valence-electron chi connectivity index (χ4n) is 3.48. The Morgan fingerprint density at radius 3 is 2.71 bits per heavy atom. The van der Waals surface area contributed by atoms with Crippen molar-refractivity contribution in [1.29, 1.82) is 0 Å². The standard InChI is InChI=1S/C22H29NO/c1-3-21-15-20(10-9-18(21)2)17-24-22-12-14-23(16-22)13-11-19-7-5-4-6-8-19/h4-10,15,22H,3,11-14,16-17H2,1-2H3/t22-/m1/s1. The third-order valence-corrected chi connectivity index (χ3v) is 5.07. The molecule has 1 saturated heterocycles. The third kappa shape index (κ3) is 4.68. The first kappa shape index (κ1) is 17.2. The first-order valence-corrected chi connectivity index (χ1v) is 9.21. The van der Waals surface area contributed by atoms with Crippen molar-refractivity contribution in [3.05, 3.63) is 70.8 Å². The second kappa shape index (κ2) is 8.46. The van der Waals surface area contributed by atoms with Gasteiger partial charge < -0.3 is 9.64 Å². The molecule has 24 heavy (non-hydrogen) atoms. The van der Waals surface area contributed by atoms with E-state index in [0.717, 1.165) is 45.5 Å². The van der Waals surface area contributed by atoms with Crippen LogP contribution in [0.3, 0.4) is 0 Å². The first-order valence-electron chi connectivity index (χ1n) is 9.21. The molecule has 2 aromatic carbocycles. The summed E-state index contributed by atoms with van der Waals surface area (Å²) in [6.45, 7) is 8.50. The van der Waals surface area contributed by atoms with E-state index < -0.39 is 0 Å². The van der Waals surface area contributed by atoms with E-state index in [1.54, 1.807) is 0 Å². The second-order valence-corrected chi connectivity index (χ2v) is 6.87. The van der Waals surface area contributed by atoms with Gasteiger partial charge in [0, 0.05) is 19.6 Å². The fraction of sp³-hybridized carbons (Fsp3) is 0.455. The maximum absolute atomic E-state index is 6.17. The number of nitrogens with zero attached hydrogens (tertiary/aromatic N) is 1. The second-order valence-electron chi connectivity index (χ2n) is 6.87. The molecule has 3 rings (SSSR count). The van der Waals surface area contributed by atoms with Gasteiger partial charge in [0.1, 0.15) is 0 Å². The molecule has 1 aliphatic heterocycles. The highest BCUT2D eigenvalue weighted by molar-refractivity contribution is 5.30. The lowest BCUT2D eigenvalue weighted by Gasteiger charge is -2.16. The van der Waals surface area contributed by atoms with Crippen LogP contribution >= 0.6 is 0 Å². The highest BCUT2D eigenvalue weighted by atomic mass is 16.5. The van der Waals surface area contributed by atoms with Crippen molar-refractivity contribution in [2.24, 2.45) is 0 Å². The Hall–Kier alpha value is -1.64. The molecule has 0 N–H and O–H groups in total.